The first-order valence-corrected chi connectivity index (χ1v) is 12.2. The summed E-state index contributed by atoms with van der Waals surface area (Å²) in [7, 11) is 0. The quantitative estimate of drug-likeness (QED) is 0.234. The fraction of sp³-hybridized carbons (Fsp3) is 0.125. The van der Waals surface area contributed by atoms with E-state index in [1.807, 2.05) is 0 Å². The first-order chi connectivity index (χ1) is 17.0. The lowest BCUT2D eigenvalue weighted by Crippen LogP contribution is -2.18. The number of carbonyl (C=O) groups is 2. The minimum absolute atomic E-state index is 0.0416. The van der Waals surface area contributed by atoms with Crippen molar-refractivity contribution in [2.24, 2.45) is 5.92 Å². The maximum Gasteiger partial charge on any atom is 0.302 e. The van der Waals surface area contributed by atoms with Gasteiger partial charge in [-0.1, -0.05) is 34.8 Å². The Bertz CT molecular complexity index is 1520. The van der Waals surface area contributed by atoms with Gasteiger partial charge < -0.3 is 9.73 Å². The minimum atomic E-state index is -1.36. The lowest BCUT2D eigenvalue weighted by molar-refractivity contribution is -0.117. The van der Waals surface area contributed by atoms with Gasteiger partial charge in [0, 0.05) is 27.7 Å². The Morgan fingerprint density at radius 1 is 0.944 bits per heavy atom. The number of fused-ring (bicyclic) bond motifs is 1. The molecule has 0 unspecified atom stereocenters. The number of anilines is 2. The van der Waals surface area contributed by atoms with Crippen molar-refractivity contribution in [3.05, 3.63) is 86.6 Å². The van der Waals surface area contributed by atoms with Crippen molar-refractivity contribution < 1.29 is 18.4 Å². The van der Waals surface area contributed by atoms with E-state index in [0.29, 0.717) is 21.2 Å². The standard InChI is InChI=1S/C24H13Cl5FN3O3/c25-11-5-10(6-12(26)7-11)19-20(24(19,28)29)22(35)31-14-2-3-16(27)15(9-14)21(34)33-23-32-17-8-13(30)1-4-18(17)36-23/h1-9,19-20H,(H,31,35)(H,32,33,34)/t19-,20+/m0/s1. The van der Waals surface area contributed by atoms with Crippen LogP contribution < -0.4 is 10.6 Å². The molecule has 3 aromatic carbocycles. The fourth-order valence-corrected chi connectivity index (χ4v) is 5.51. The molecule has 1 aromatic heterocycles. The summed E-state index contributed by atoms with van der Waals surface area (Å²) in [5.41, 5.74) is 1.49. The Morgan fingerprint density at radius 2 is 1.67 bits per heavy atom. The normalized spacial score (nSPS) is 18.2. The van der Waals surface area contributed by atoms with Crippen molar-refractivity contribution in [2.75, 3.05) is 10.6 Å². The molecule has 36 heavy (non-hydrogen) atoms. The monoisotopic (exact) mass is 585 g/mol. The molecule has 12 heteroatoms. The second-order valence-electron chi connectivity index (χ2n) is 8.10. The number of rotatable bonds is 5. The first-order valence-electron chi connectivity index (χ1n) is 10.3. The van der Waals surface area contributed by atoms with Crippen molar-refractivity contribution in [3.63, 3.8) is 0 Å². The van der Waals surface area contributed by atoms with Crippen molar-refractivity contribution in [2.45, 2.75) is 10.3 Å². The van der Waals surface area contributed by atoms with Crippen LogP contribution in [0.1, 0.15) is 21.8 Å². The van der Waals surface area contributed by atoms with E-state index in [-0.39, 0.29) is 27.8 Å². The van der Waals surface area contributed by atoms with Gasteiger partial charge in [0.15, 0.2) is 5.58 Å². The zero-order chi connectivity index (χ0) is 25.8. The molecule has 0 bridgehead atoms. The van der Waals surface area contributed by atoms with Gasteiger partial charge in [-0.3, -0.25) is 14.9 Å². The molecule has 1 aliphatic rings. The largest absolute Gasteiger partial charge is 0.423 e. The fourth-order valence-electron chi connectivity index (χ4n) is 3.94. The summed E-state index contributed by atoms with van der Waals surface area (Å²) in [5.74, 6) is -2.92. The lowest BCUT2D eigenvalue weighted by atomic mass is 10.1. The van der Waals surface area contributed by atoms with Crippen molar-refractivity contribution in [1.82, 2.24) is 4.98 Å². The zero-order valence-electron chi connectivity index (χ0n) is 17.8. The summed E-state index contributed by atoms with van der Waals surface area (Å²) in [6, 6.07) is 12.9. The molecule has 5 rings (SSSR count). The number of benzene rings is 3. The molecule has 1 saturated carbocycles. The first kappa shape index (κ1) is 25.1. The molecule has 0 aliphatic heterocycles. The van der Waals surface area contributed by atoms with Gasteiger partial charge in [-0.05, 0) is 54.1 Å². The maximum atomic E-state index is 13.4. The molecule has 2 N–H and O–H groups in total. The van der Waals surface area contributed by atoms with E-state index in [2.05, 4.69) is 15.6 Å². The number of hydrogen-bond donors (Lipinski definition) is 2. The van der Waals surface area contributed by atoms with Gasteiger partial charge in [0.2, 0.25) is 5.91 Å². The van der Waals surface area contributed by atoms with E-state index in [0.717, 1.165) is 0 Å². The van der Waals surface area contributed by atoms with Crippen LogP contribution in [-0.2, 0) is 4.79 Å². The van der Waals surface area contributed by atoms with Crippen LogP contribution in [0.4, 0.5) is 16.1 Å². The number of carbonyl (C=O) groups excluding carboxylic acids is 2. The predicted octanol–water partition coefficient (Wildman–Crippen LogP) is 7.71. The van der Waals surface area contributed by atoms with E-state index in [1.54, 1.807) is 18.2 Å². The molecule has 1 aliphatic carbocycles. The van der Waals surface area contributed by atoms with E-state index < -0.39 is 33.8 Å². The van der Waals surface area contributed by atoms with Gasteiger partial charge in [-0.2, -0.15) is 4.98 Å². The molecular formula is C24H13Cl5FN3O3. The molecule has 1 fully saturated rings. The summed E-state index contributed by atoms with van der Waals surface area (Å²) in [6.07, 6.45) is 0. The molecule has 2 amide bonds. The third-order valence-electron chi connectivity index (χ3n) is 5.63. The molecule has 6 nitrogen and oxygen atoms in total. The van der Waals surface area contributed by atoms with E-state index in [1.165, 1.54) is 36.4 Å². The topological polar surface area (TPSA) is 84.2 Å². The zero-order valence-corrected chi connectivity index (χ0v) is 21.6. The van der Waals surface area contributed by atoms with Crippen molar-refractivity contribution in [3.8, 4) is 0 Å². The molecule has 0 spiro atoms. The minimum Gasteiger partial charge on any atom is -0.423 e. The van der Waals surface area contributed by atoms with Crippen LogP contribution in [0.15, 0.2) is 59.0 Å². The third kappa shape index (κ3) is 4.86. The summed E-state index contributed by atoms with van der Waals surface area (Å²) in [4.78, 5) is 29.8. The highest BCUT2D eigenvalue weighted by Gasteiger charge is 2.67. The summed E-state index contributed by atoms with van der Waals surface area (Å²) < 4.78 is 17.4. The summed E-state index contributed by atoms with van der Waals surface area (Å²) in [5, 5.41) is 6.09. The lowest BCUT2D eigenvalue weighted by Gasteiger charge is -2.09. The van der Waals surface area contributed by atoms with Crippen LogP contribution in [0.3, 0.4) is 0 Å². The van der Waals surface area contributed by atoms with Crippen LogP contribution in [0.2, 0.25) is 15.1 Å². The Balaban J connectivity index is 1.33. The van der Waals surface area contributed by atoms with Gasteiger partial charge in [-0.15, -0.1) is 23.2 Å². The van der Waals surface area contributed by atoms with Gasteiger partial charge in [0.1, 0.15) is 15.7 Å². The highest BCUT2D eigenvalue weighted by molar-refractivity contribution is 6.53. The second-order valence-corrected chi connectivity index (χ2v) is 10.8. The number of nitrogens with one attached hydrogen (secondary N) is 2. The summed E-state index contributed by atoms with van der Waals surface area (Å²) in [6.45, 7) is 0. The number of alkyl halides is 2. The Kier molecular flexibility index (Phi) is 6.55. The van der Waals surface area contributed by atoms with E-state index in [4.69, 9.17) is 62.4 Å². The van der Waals surface area contributed by atoms with E-state index >= 15 is 0 Å². The van der Waals surface area contributed by atoms with Crippen LogP contribution >= 0.6 is 58.0 Å². The van der Waals surface area contributed by atoms with Gasteiger partial charge in [0.25, 0.3) is 5.91 Å². The maximum absolute atomic E-state index is 13.4. The van der Waals surface area contributed by atoms with E-state index in [9.17, 15) is 14.0 Å². The molecule has 2 atom stereocenters. The average Bonchev–Trinajstić information content (AvgIpc) is 3.16. The molecule has 1 heterocycles. The van der Waals surface area contributed by atoms with Crippen LogP contribution in [0.25, 0.3) is 11.1 Å². The second kappa shape index (κ2) is 9.39. The molecular weight excluding hydrogens is 575 g/mol. The predicted molar refractivity (Wildman–Crippen MR) is 139 cm³/mol. The number of amides is 2. The number of oxazole rings is 1. The van der Waals surface area contributed by atoms with Gasteiger partial charge >= 0.3 is 6.01 Å². The SMILES string of the molecule is O=C(Nc1nc2cc(F)ccc2o1)c1cc(NC(=O)[C@H]2[C@H](c3cc(Cl)cc(Cl)c3)C2(Cl)Cl)ccc1Cl. The number of halogens is 6. The van der Waals surface area contributed by atoms with Gasteiger partial charge in [0.05, 0.1) is 16.5 Å². The average molecular weight is 588 g/mol. The number of nitrogens with zero attached hydrogens (tertiary/aromatic N) is 1. The Morgan fingerprint density at radius 3 is 2.39 bits per heavy atom. The molecule has 184 valence electrons. The Labute approximate surface area is 228 Å². The van der Waals surface area contributed by atoms with Crippen LogP contribution in [-0.4, -0.2) is 21.1 Å². The van der Waals surface area contributed by atoms with Crippen LogP contribution in [0, 0.1) is 11.7 Å². The van der Waals surface area contributed by atoms with Crippen molar-refractivity contribution >= 4 is 92.6 Å². The highest BCUT2D eigenvalue weighted by atomic mass is 35.5. The van der Waals surface area contributed by atoms with Crippen molar-refractivity contribution in [1.29, 1.82) is 0 Å². The number of aromatic nitrogens is 1. The smallest absolute Gasteiger partial charge is 0.302 e. The van der Waals surface area contributed by atoms with Crippen LogP contribution in [0.5, 0.6) is 0 Å². The molecule has 4 aromatic rings. The number of hydrogen-bond acceptors (Lipinski definition) is 4. The van der Waals surface area contributed by atoms with Gasteiger partial charge in [-0.25, -0.2) is 4.39 Å². The Hall–Kier alpha value is -2.55. The molecule has 0 saturated heterocycles. The third-order valence-corrected chi connectivity index (χ3v) is 7.34. The summed E-state index contributed by atoms with van der Waals surface area (Å²) >= 11 is 31.2. The molecule has 0 radical (unpaired) electrons. The highest BCUT2D eigenvalue weighted by Crippen LogP contribution is 2.65.